The van der Waals surface area contributed by atoms with Gasteiger partial charge in [-0.1, -0.05) is 29.4 Å². The molecular weight excluding hydrogens is 304 g/mol. The van der Waals surface area contributed by atoms with E-state index in [2.05, 4.69) is 36.7 Å². The van der Waals surface area contributed by atoms with Crippen molar-refractivity contribution < 1.29 is 4.52 Å². The highest BCUT2D eigenvalue weighted by Gasteiger charge is 2.09. The van der Waals surface area contributed by atoms with Crippen molar-refractivity contribution in [1.29, 1.82) is 0 Å². The fourth-order valence-electron chi connectivity index (χ4n) is 2.55. The molecule has 120 valence electrons. The number of aromatic nitrogens is 5. The molecule has 4 aromatic rings. The Kier molecular flexibility index (Phi) is 3.99. The van der Waals surface area contributed by atoms with Crippen LogP contribution in [0.3, 0.4) is 0 Å². The first kappa shape index (κ1) is 14.5. The van der Waals surface area contributed by atoms with Gasteiger partial charge in [-0.3, -0.25) is 10.1 Å². The molecule has 0 radical (unpaired) electrons. The van der Waals surface area contributed by atoms with Crippen molar-refractivity contribution in [2.24, 2.45) is 0 Å². The highest BCUT2D eigenvalue weighted by atomic mass is 16.5. The van der Waals surface area contributed by atoms with E-state index in [1.807, 2.05) is 36.5 Å². The molecule has 24 heavy (non-hydrogen) atoms. The minimum Gasteiger partial charge on any atom is -0.332 e. The summed E-state index contributed by atoms with van der Waals surface area (Å²) in [5, 5.41) is 15.6. The lowest BCUT2D eigenvalue weighted by Gasteiger charge is -2.04. The zero-order valence-electron chi connectivity index (χ0n) is 12.9. The topological polar surface area (TPSA) is 92.5 Å². The van der Waals surface area contributed by atoms with Crippen LogP contribution in [0.2, 0.25) is 0 Å². The fourth-order valence-corrected chi connectivity index (χ4v) is 2.55. The summed E-state index contributed by atoms with van der Waals surface area (Å²) in [7, 11) is 0. The van der Waals surface area contributed by atoms with Gasteiger partial charge in [0, 0.05) is 31.1 Å². The second-order valence-corrected chi connectivity index (χ2v) is 5.41. The maximum absolute atomic E-state index is 5.25. The molecule has 0 aliphatic rings. The maximum Gasteiger partial charge on any atom is 0.276 e. The molecule has 7 heteroatoms. The number of nitrogens with zero attached hydrogens (tertiary/aromatic N) is 4. The summed E-state index contributed by atoms with van der Waals surface area (Å²) in [4.78, 5) is 8.57. The van der Waals surface area contributed by atoms with E-state index in [0.717, 1.165) is 24.0 Å². The Morgan fingerprint density at radius 1 is 1.12 bits per heavy atom. The summed E-state index contributed by atoms with van der Waals surface area (Å²) in [6.45, 7) is 1.51. The van der Waals surface area contributed by atoms with Crippen molar-refractivity contribution >= 4 is 10.9 Å². The Balaban J connectivity index is 1.33. The molecule has 0 aliphatic heterocycles. The third-order valence-electron chi connectivity index (χ3n) is 3.76. The Bertz CT molecular complexity index is 930. The van der Waals surface area contributed by atoms with Gasteiger partial charge in [-0.2, -0.15) is 10.1 Å². The van der Waals surface area contributed by atoms with Crippen LogP contribution in [-0.2, 0) is 13.0 Å². The smallest absolute Gasteiger partial charge is 0.276 e. The lowest BCUT2D eigenvalue weighted by atomic mass is 10.1. The summed E-state index contributed by atoms with van der Waals surface area (Å²) in [5.41, 5.74) is 2.95. The standard InChI is InChI=1S/C17H16N6O/c1-2-8-19-14(6-1)17-21-15(23-24-17)7-9-18-10-12-4-3-5-13-11-20-22-16(12)13/h1-6,8,11,18H,7,9-10H2,(H,20,22). The zero-order valence-corrected chi connectivity index (χ0v) is 12.9. The molecule has 7 nitrogen and oxygen atoms in total. The summed E-state index contributed by atoms with van der Waals surface area (Å²) < 4.78 is 5.25. The van der Waals surface area contributed by atoms with Crippen molar-refractivity contribution in [2.75, 3.05) is 6.54 Å². The predicted molar refractivity (Wildman–Crippen MR) is 89.0 cm³/mol. The molecule has 0 saturated heterocycles. The Morgan fingerprint density at radius 3 is 3.04 bits per heavy atom. The van der Waals surface area contributed by atoms with Crippen LogP contribution in [0.25, 0.3) is 22.5 Å². The normalized spacial score (nSPS) is 11.2. The average Bonchev–Trinajstić information content (AvgIpc) is 3.29. The molecule has 0 spiro atoms. The number of para-hydroxylation sites is 1. The number of fused-ring (bicyclic) bond motifs is 1. The zero-order chi connectivity index (χ0) is 16.2. The number of rotatable bonds is 6. The van der Waals surface area contributed by atoms with Crippen LogP contribution in [0.15, 0.2) is 53.3 Å². The van der Waals surface area contributed by atoms with E-state index < -0.39 is 0 Å². The predicted octanol–water partition coefficient (Wildman–Crippen LogP) is 2.34. The summed E-state index contributed by atoms with van der Waals surface area (Å²) in [6, 6.07) is 11.8. The van der Waals surface area contributed by atoms with Crippen molar-refractivity contribution in [3.63, 3.8) is 0 Å². The molecule has 3 heterocycles. The molecule has 0 aliphatic carbocycles. The monoisotopic (exact) mass is 320 g/mol. The molecule has 3 aromatic heterocycles. The molecule has 1 aromatic carbocycles. The van der Waals surface area contributed by atoms with Crippen LogP contribution in [0.4, 0.5) is 0 Å². The van der Waals surface area contributed by atoms with E-state index in [4.69, 9.17) is 4.52 Å². The molecule has 4 rings (SSSR count). The fraction of sp³-hybridized carbons (Fsp3) is 0.176. The third kappa shape index (κ3) is 3.02. The first-order valence-electron chi connectivity index (χ1n) is 7.76. The van der Waals surface area contributed by atoms with Crippen molar-refractivity contribution in [1.82, 2.24) is 30.6 Å². The van der Waals surface area contributed by atoms with Crippen LogP contribution < -0.4 is 5.32 Å². The van der Waals surface area contributed by atoms with E-state index in [-0.39, 0.29) is 0 Å². The van der Waals surface area contributed by atoms with Gasteiger partial charge in [-0.15, -0.1) is 0 Å². The molecular formula is C17H16N6O. The molecule has 0 saturated carbocycles. The first-order valence-corrected chi connectivity index (χ1v) is 7.76. The van der Waals surface area contributed by atoms with Gasteiger partial charge in [-0.05, 0) is 17.7 Å². The third-order valence-corrected chi connectivity index (χ3v) is 3.76. The second-order valence-electron chi connectivity index (χ2n) is 5.41. The molecule has 0 fully saturated rings. The number of nitrogens with one attached hydrogen (secondary N) is 2. The number of hydrogen-bond acceptors (Lipinski definition) is 6. The minimum atomic E-state index is 0.452. The van der Waals surface area contributed by atoms with E-state index >= 15 is 0 Å². The van der Waals surface area contributed by atoms with Crippen LogP contribution in [0.5, 0.6) is 0 Å². The van der Waals surface area contributed by atoms with Gasteiger partial charge in [0.05, 0.1) is 11.7 Å². The van der Waals surface area contributed by atoms with E-state index in [0.29, 0.717) is 23.8 Å². The summed E-state index contributed by atoms with van der Waals surface area (Å²) >= 11 is 0. The van der Waals surface area contributed by atoms with Gasteiger partial charge in [0.15, 0.2) is 5.82 Å². The summed E-state index contributed by atoms with van der Waals surface area (Å²) in [6.07, 6.45) is 4.23. The Labute approximate surface area is 138 Å². The second kappa shape index (κ2) is 6.59. The summed E-state index contributed by atoms with van der Waals surface area (Å²) in [5.74, 6) is 1.12. The molecule has 0 bridgehead atoms. The molecule has 2 N–H and O–H groups in total. The Hall–Kier alpha value is -3.06. The molecule has 0 amide bonds. The van der Waals surface area contributed by atoms with E-state index in [1.165, 1.54) is 5.56 Å². The lowest BCUT2D eigenvalue weighted by Crippen LogP contribution is -2.17. The van der Waals surface area contributed by atoms with Crippen LogP contribution in [-0.4, -0.2) is 31.9 Å². The first-order chi connectivity index (χ1) is 11.9. The maximum atomic E-state index is 5.25. The largest absolute Gasteiger partial charge is 0.332 e. The van der Waals surface area contributed by atoms with Gasteiger partial charge >= 0.3 is 0 Å². The van der Waals surface area contributed by atoms with Gasteiger partial charge in [0.2, 0.25) is 0 Å². The Morgan fingerprint density at radius 2 is 2.12 bits per heavy atom. The van der Waals surface area contributed by atoms with Gasteiger partial charge in [0.25, 0.3) is 5.89 Å². The molecule has 0 unspecified atom stereocenters. The number of benzene rings is 1. The minimum absolute atomic E-state index is 0.452. The SMILES string of the molecule is c1ccc(-c2nc(CCNCc3cccc4cn[nH]c34)no2)nc1. The van der Waals surface area contributed by atoms with Gasteiger partial charge < -0.3 is 9.84 Å². The number of H-pyrrole nitrogens is 1. The van der Waals surface area contributed by atoms with Crippen molar-refractivity contribution in [3.8, 4) is 11.6 Å². The van der Waals surface area contributed by atoms with Crippen molar-refractivity contribution in [3.05, 3.63) is 60.2 Å². The lowest BCUT2D eigenvalue weighted by molar-refractivity contribution is 0.420. The van der Waals surface area contributed by atoms with Crippen LogP contribution >= 0.6 is 0 Å². The van der Waals surface area contributed by atoms with E-state index in [1.54, 1.807) is 6.20 Å². The number of aromatic amines is 1. The highest BCUT2D eigenvalue weighted by molar-refractivity contribution is 5.81. The number of hydrogen-bond donors (Lipinski definition) is 2. The average molecular weight is 320 g/mol. The quantitative estimate of drug-likeness (QED) is 0.530. The van der Waals surface area contributed by atoms with Gasteiger partial charge in [0.1, 0.15) is 5.69 Å². The number of pyridine rings is 1. The van der Waals surface area contributed by atoms with Crippen molar-refractivity contribution in [2.45, 2.75) is 13.0 Å². The van der Waals surface area contributed by atoms with Crippen LogP contribution in [0.1, 0.15) is 11.4 Å². The van der Waals surface area contributed by atoms with Crippen LogP contribution in [0, 0.1) is 0 Å². The van der Waals surface area contributed by atoms with E-state index in [9.17, 15) is 0 Å². The van der Waals surface area contributed by atoms with Gasteiger partial charge in [-0.25, -0.2) is 0 Å². The molecule has 0 atom stereocenters. The highest BCUT2D eigenvalue weighted by Crippen LogP contribution is 2.15.